The average molecular weight is 348 g/mol. The fraction of sp³-hybridized carbons (Fsp3) is 0.417. The summed E-state index contributed by atoms with van der Waals surface area (Å²) in [6.45, 7) is 3.20. The van der Waals surface area contributed by atoms with Crippen LogP contribution in [0, 0.1) is 17.3 Å². The van der Waals surface area contributed by atoms with Crippen LogP contribution >= 0.6 is 0 Å². The number of likely N-dealkylation sites (tertiary alicyclic amines) is 1. The molecule has 0 radical (unpaired) electrons. The average Bonchev–Trinajstić information content (AvgIpc) is 2.71. The third-order valence-electron chi connectivity index (χ3n) is 5.58. The molecule has 3 rings (SSSR count). The molecule has 136 valence electrons. The lowest BCUT2D eigenvalue weighted by Crippen LogP contribution is -2.42. The van der Waals surface area contributed by atoms with Gasteiger partial charge in [-0.2, -0.15) is 0 Å². The quantitative estimate of drug-likeness (QED) is 0.794. The van der Waals surface area contributed by atoms with Gasteiger partial charge < -0.3 is 5.11 Å². The van der Waals surface area contributed by atoms with Crippen molar-refractivity contribution in [1.82, 2.24) is 4.90 Å². The second kappa shape index (κ2) is 9.57. The molecule has 2 aromatic rings. The summed E-state index contributed by atoms with van der Waals surface area (Å²) >= 11 is 0. The summed E-state index contributed by atoms with van der Waals surface area (Å²) in [6, 6.07) is 20.8. The van der Waals surface area contributed by atoms with Gasteiger partial charge in [-0.1, -0.05) is 60.4 Å². The molecule has 0 amide bonds. The van der Waals surface area contributed by atoms with E-state index in [2.05, 4.69) is 47.1 Å². The van der Waals surface area contributed by atoms with Crippen molar-refractivity contribution in [2.45, 2.75) is 32.1 Å². The van der Waals surface area contributed by atoms with Crippen LogP contribution in [-0.2, 0) is 6.42 Å². The lowest BCUT2D eigenvalue weighted by atomic mass is 9.75. The second-order valence-electron chi connectivity index (χ2n) is 7.44. The SMILES string of the molecule is OCC1(CCCc2ccccc2)CCN(CC#Cc2ccccc2)CC1. The molecule has 0 aliphatic carbocycles. The summed E-state index contributed by atoms with van der Waals surface area (Å²) in [7, 11) is 0. The molecule has 0 atom stereocenters. The first-order chi connectivity index (χ1) is 12.8. The van der Waals surface area contributed by atoms with Crippen molar-refractivity contribution in [1.29, 1.82) is 0 Å². The van der Waals surface area contributed by atoms with Crippen molar-refractivity contribution in [3.05, 3.63) is 71.8 Å². The molecule has 0 aromatic heterocycles. The Morgan fingerprint density at radius 3 is 2.23 bits per heavy atom. The zero-order chi connectivity index (χ0) is 18.1. The maximum atomic E-state index is 10.0. The Kier molecular flexibility index (Phi) is 6.89. The molecule has 1 aliphatic heterocycles. The Morgan fingerprint density at radius 1 is 0.923 bits per heavy atom. The third kappa shape index (κ3) is 5.46. The molecule has 0 saturated carbocycles. The van der Waals surface area contributed by atoms with Crippen LogP contribution in [0.5, 0.6) is 0 Å². The van der Waals surface area contributed by atoms with Gasteiger partial charge in [0.25, 0.3) is 0 Å². The van der Waals surface area contributed by atoms with Crippen LogP contribution in [0.2, 0.25) is 0 Å². The van der Waals surface area contributed by atoms with Crippen LogP contribution in [0.4, 0.5) is 0 Å². The highest BCUT2D eigenvalue weighted by atomic mass is 16.3. The number of hydrogen-bond acceptors (Lipinski definition) is 2. The van der Waals surface area contributed by atoms with Crippen LogP contribution < -0.4 is 0 Å². The highest BCUT2D eigenvalue weighted by molar-refractivity contribution is 5.33. The molecule has 1 saturated heterocycles. The molecule has 1 heterocycles. The molecule has 0 unspecified atom stereocenters. The van der Waals surface area contributed by atoms with E-state index in [4.69, 9.17) is 0 Å². The highest BCUT2D eigenvalue weighted by Gasteiger charge is 2.33. The van der Waals surface area contributed by atoms with Crippen molar-refractivity contribution in [2.75, 3.05) is 26.2 Å². The number of nitrogens with zero attached hydrogens (tertiary/aromatic N) is 1. The van der Waals surface area contributed by atoms with E-state index in [-0.39, 0.29) is 5.41 Å². The van der Waals surface area contributed by atoms with E-state index in [1.165, 1.54) is 5.56 Å². The van der Waals surface area contributed by atoms with Gasteiger partial charge in [-0.3, -0.25) is 4.90 Å². The smallest absolute Gasteiger partial charge is 0.0605 e. The van der Waals surface area contributed by atoms with E-state index in [1.54, 1.807) is 0 Å². The van der Waals surface area contributed by atoms with Crippen LogP contribution in [0.15, 0.2) is 60.7 Å². The van der Waals surface area contributed by atoms with E-state index in [1.807, 2.05) is 30.3 Å². The third-order valence-corrected chi connectivity index (χ3v) is 5.58. The van der Waals surface area contributed by atoms with Crippen molar-refractivity contribution in [3.8, 4) is 11.8 Å². The Labute approximate surface area is 157 Å². The monoisotopic (exact) mass is 347 g/mol. The minimum atomic E-state index is 0.109. The van der Waals surface area contributed by atoms with E-state index in [0.29, 0.717) is 6.61 Å². The number of hydrogen-bond donors (Lipinski definition) is 1. The van der Waals surface area contributed by atoms with Crippen molar-refractivity contribution in [3.63, 3.8) is 0 Å². The largest absolute Gasteiger partial charge is 0.396 e. The van der Waals surface area contributed by atoms with Gasteiger partial charge in [0.05, 0.1) is 6.54 Å². The first kappa shape index (κ1) is 18.7. The number of benzene rings is 2. The lowest BCUT2D eigenvalue weighted by molar-refractivity contribution is 0.0401. The standard InChI is InChI=1S/C24H29NO/c26-21-24(15-7-13-22-9-3-1-4-10-22)16-19-25(20-17-24)18-8-14-23-11-5-2-6-12-23/h1-6,9-12,26H,7,13,15-21H2. The van der Waals surface area contributed by atoms with Gasteiger partial charge in [0.15, 0.2) is 0 Å². The normalized spacial score (nSPS) is 16.7. The number of aliphatic hydroxyl groups excluding tert-OH is 1. The molecule has 0 spiro atoms. The minimum absolute atomic E-state index is 0.109. The molecule has 0 bridgehead atoms. The van der Waals surface area contributed by atoms with Gasteiger partial charge in [0.2, 0.25) is 0 Å². The maximum absolute atomic E-state index is 10.0. The summed E-state index contributed by atoms with van der Waals surface area (Å²) in [5.74, 6) is 6.53. The topological polar surface area (TPSA) is 23.5 Å². The summed E-state index contributed by atoms with van der Waals surface area (Å²) in [4.78, 5) is 2.42. The predicted octanol–water partition coefficient (Wildman–Crippen LogP) is 4.14. The Balaban J connectivity index is 1.44. The number of rotatable bonds is 6. The number of piperidine rings is 1. The molecule has 2 nitrogen and oxygen atoms in total. The van der Waals surface area contributed by atoms with Gasteiger partial charge in [-0.15, -0.1) is 0 Å². The fourth-order valence-corrected chi connectivity index (χ4v) is 3.76. The lowest BCUT2D eigenvalue weighted by Gasteiger charge is -2.40. The molecule has 2 aromatic carbocycles. The Morgan fingerprint density at radius 2 is 1.58 bits per heavy atom. The fourth-order valence-electron chi connectivity index (χ4n) is 3.76. The first-order valence-corrected chi connectivity index (χ1v) is 9.71. The zero-order valence-electron chi connectivity index (χ0n) is 15.5. The molecular weight excluding hydrogens is 318 g/mol. The van der Waals surface area contributed by atoms with E-state index in [9.17, 15) is 5.11 Å². The molecule has 26 heavy (non-hydrogen) atoms. The number of aliphatic hydroxyl groups is 1. The van der Waals surface area contributed by atoms with Crippen LogP contribution in [0.25, 0.3) is 0 Å². The van der Waals surface area contributed by atoms with Gasteiger partial charge in [0, 0.05) is 12.2 Å². The molecule has 2 heteroatoms. The zero-order valence-corrected chi connectivity index (χ0v) is 15.5. The second-order valence-corrected chi connectivity index (χ2v) is 7.44. The number of aryl methyl sites for hydroxylation is 1. The molecule has 1 fully saturated rings. The summed E-state index contributed by atoms with van der Waals surface area (Å²) in [6.07, 6.45) is 5.52. The Bertz CT molecular complexity index is 706. The van der Waals surface area contributed by atoms with Crippen molar-refractivity contribution in [2.24, 2.45) is 5.41 Å². The van der Waals surface area contributed by atoms with Gasteiger partial charge in [0.1, 0.15) is 0 Å². The summed E-state index contributed by atoms with van der Waals surface area (Å²) in [5.41, 5.74) is 2.59. The molecule has 1 aliphatic rings. The highest BCUT2D eigenvalue weighted by Crippen LogP contribution is 2.36. The first-order valence-electron chi connectivity index (χ1n) is 9.71. The van der Waals surface area contributed by atoms with Crippen molar-refractivity contribution >= 4 is 0 Å². The van der Waals surface area contributed by atoms with Crippen LogP contribution in [-0.4, -0.2) is 36.2 Å². The van der Waals surface area contributed by atoms with E-state index < -0.39 is 0 Å². The van der Waals surface area contributed by atoms with E-state index in [0.717, 1.165) is 57.3 Å². The molecular formula is C24H29NO. The minimum Gasteiger partial charge on any atom is -0.396 e. The van der Waals surface area contributed by atoms with Gasteiger partial charge >= 0.3 is 0 Å². The van der Waals surface area contributed by atoms with Crippen molar-refractivity contribution < 1.29 is 5.11 Å². The predicted molar refractivity (Wildman–Crippen MR) is 108 cm³/mol. The maximum Gasteiger partial charge on any atom is 0.0605 e. The van der Waals surface area contributed by atoms with Crippen LogP contribution in [0.3, 0.4) is 0 Å². The van der Waals surface area contributed by atoms with Crippen LogP contribution in [0.1, 0.15) is 36.8 Å². The molecule has 1 N–H and O–H groups in total. The summed E-state index contributed by atoms with van der Waals surface area (Å²) < 4.78 is 0. The summed E-state index contributed by atoms with van der Waals surface area (Å²) in [5, 5.41) is 10.0. The van der Waals surface area contributed by atoms with Gasteiger partial charge in [-0.05, 0) is 68.3 Å². The Hall–Kier alpha value is -2.08. The van der Waals surface area contributed by atoms with Gasteiger partial charge in [-0.25, -0.2) is 0 Å². The van der Waals surface area contributed by atoms with E-state index >= 15 is 0 Å².